The minimum Gasteiger partial charge on any atom is -0.480 e. The van der Waals surface area contributed by atoms with Crippen LogP contribution in [0.4, 0.5) is 4.39 Å². The highest BCUT2D eigenvalue weighted by Crippen LogP contribution is 2.05. The average molecular weight is 337 g/mol. The van der Waals surface area contributed by atoms with Crippen LogP contribution in [-0.2, 0) is 17.6 Å². The molecule has 0 saturated carbocycles. The Morgan fingerprint density at radius 3 is 2.42 bits per heavy atom. The number of carboxylic acids is 1. The van der Waals surface area contributed by atoms with Gasteiger partial charge in [0.2, 0.25) is 0 Å². The molecule has 24 heavy (non-hydrogen) atoms. The van der Waals surface area contributed by atoms with Gasteiger partial charge in [-0.15, -0.1) is 0 Å². The van der Waals surface area contributed by atoms with Gasteiger partial charge in [-0.25, -0.2) is 9.37 Å². The van der Waals surface area contributed by atoms with Gasteiger partial charge < -0.3 is 27.3 Å². The van der Waals surface area contributed by atoms with Crippen LogP contribution in [0.5, 0.6) is 0 Å². The molecule has 0 radical (unpaired) electrons. The number of rotatable bonds is 6. The molecule has 0 aliphatic carbocycles. The number of hydrogen-bond acceptors (Lipinski definition) is 5. The second-order valence-electron chi connectivity index (χ2n) is 4.90. The Kier molecular flexibility index (Phi) is 7.53. The number of halogens is 1. The Morgan fingerprint density at radius 2 is 1.92 bits per heavy atom. The Labute approximate surface area is 137 Å². The summed E-state index contributed by atoms with van der Waals surface area (Å²) in [5.74, 6) is -1.89. The number of aromatic amines is 1. The quantitative estimate of drug-likeness (QED) is 0.490. The fourth-order valence-corrected chi connectivity index (χ4v) is 1.82. The summed E-state index contributed by atoms with van der Waals surface area (Å²) in [6.07, 6.45) is 2.22. The molecular weight excluding hydrogens is 317 g/mol. The minimum absolute atomic E-state index is 0.218. The van der Waals surface area contributed by atoms with E-state index in [2.05, 4.69) is 9.97 Å². The van der Waals surface area contributed by atoms with Crippen molar-refractivity contribution >= 4 is 11.9 Å². The molecule has 0 spiro atoms. The Balaban J connectivity index is 0.000000243. The fourth-order valence-electron chi connectivity index (χ4n) is 1.82. The first kappa shape index (κ1) is 19.3. The van der Waals surface area contributed by atoms with Crippen LogP contribution in [0.15, 0.2) is 30.6 Å². The fraction of sp³-hybridized carbons (Fsp3) is 0.267. The number of carbonyl (C=O) groups excluding carboxylic acids is 1. The summed E-state index contributed by atoms with van der Waals surface area (Å²) in [4.78, 5) is 27.6. The number of benzene rings is 1. The maximum absolute atomic E-state index is 12.4. The van der Waals surface area contributed by atoms with Crippen molar-refractivity contribution in [3.05, 3.63) is 53.4 Å². The van der Waals surface area contributed by atoms with Crippen LogP contribution >= 0.6 is 0 Å². The topological polar surface area (TPSA) is 161 Å². The molecule has 0 saturated heterocycles. The van der Waals surface area contributed by atoms with Crippen LogP contribution in [0.1, 0.15) is 21.7 Å². The van der Waals surface area contributed by atoms with Crippen molar-refractivity contribution in [2.45, 2.75) is 18.9 Å². The van der Waals surface area contributed by atoms with E-state index in [1.54, 1.807) is 0 Å². The molecule has 0 bridgehead atoms. The van der Waals surface area contributed by atoms with E-state index in [4.69, 9.17) is 22.3 Å². The average Bonchev–Trinajstić information content (AvgIpc) is 2.99. The molecule has 1 aromatic heterocycles. The smallest absolute Gasteiger partial charge is 0.320 e. The zero-order chi connectivity index (χ0) is 18.1. The summed E-state index contributed by atoms with van der Waals surface area (Å²) in [6, 6.07) is 4.69. The molecule has 0 aliphatic rings. The lowest BCUT2D eigenvalue weighted by atomic mass is 10.1. The first-order valence-electron chi connectivity index (χ1n) is 7.10. The highest BCUT2D eigenvalue weighted by Gasteiger charge is 2.11. The van der Waals surface area contributed by atoms with Crippen LogP contribution < -0.4 is 17.2 Å². The molecule has 8 N–H and O–H groups in total. The molecule has 2 rings (SSSR count). The van der Waals surface area contributed by atoms with Gasteiger partial charge in [-0.3, -0.25) is 9.59 Å². The van der Waals surface area contributed by atoms with Crippen molar-refractivity contribution in [1.29, 1.82) is 0 Å². The predicted molar refractivity (Wildman–Crippen MR) is 85.6 cm³/mol. The molecule has 0 fully saturated rings. The highest BCUT2D eigenvalue weighted by molar-refractivity contribution is 5.91. The summed E-state index contributed by atoms with van der Waals surface area (Å²) in [5, 5.41) is 8.50. The number of nitrogens with zero attached hydrogens (tertiary/aromatic N) is 1. The summed E-state index contributed by atoms with van der Waals surface area (Å²) < 4.78 is 12.4. The van der Waals surface area contributed by atoms with Gasteiger partial charge in [0, 0.05) is 6.42 Å². The van der Waals surface area contributed by atoms with Crippen molar-refractivity contribution in [1.82, 2.24) is 9.97 Å². The third kappa shape index (κ3) is 6.15. The van der Waals surface area contributed by atoms with Gasteiger partial charge in [0.1, 0.15) is 17.6 Å². The number of aromatic nitrogens is 2. The predicted octanol–water partition coefficient (Wildman–Crippen LogP) is -0.210. The van der Waals surface area contributed by atoms with Crippen LogP contribution in [0.3, 0.4) is 0 Å². The lowest BCUT2D eigenvalue weighted by Crippen LogP contribution is -2.32. The van der Waals surface area contributed by atoms with Crippen LogP contribution in [0.25, 0.3) is 0 Å². The molecule has 9 heteroatoms. The van der Waals surface area contributed by atoms with Crippen LogP contribution in [-0.4, -0.2) is 39.5 Å². The number of hydrogen-bond donors (Lipinski definition) is 5. The number of carboxylic acid groups (broad SMARTS) is 1. The van der Waals surface area contributed by atoms with Gasteiger partial charge in [-0.1, -0.05) is 12.1 Å². The number of imidazole rings is 1. The van der Waals surface area contributed by atoms with E-state index >= 15 is 0 Å². The highest BCUT2D eigenvalue weighted by atomic mass is 19.1. The van der Waals surface area contributed by atoms with Gasteiger partial charge in [0.15, 0.2) is 0 Å². The molecule has 1 aromatic carbocycles. The van der Waals surface area contributed by atoms with E-state index in [9.17, 15) is 14.0 Å². The van der Waals surface area contributed by atoms with Gasteiger partial charge in [0.05, 0.1) is 12.0 Å². The van der Waals surface area contributed by atoms with Crippen molar-refractivity contribution in [2.24, 2.45) is 17.2 Å². The summed E-state index contributed by atoms with van der Waals surface area (Å²) in [5.41, 5.74) is 17.3. The van der Waals surface area contributed by atoms with E-state index in [0.717, 1.165) is 5.56 Å². The Morgan fingerprint density at radius 1 is 1.29 bits per heavy atom. The van der Waals surface area contributed by atoms with E-state index in [1.165, 1.54) is 30.6 Å². The number of nitrogens with two attached hydrogens (primary N) is 3. The SMILES string of the molecule is NCCc1nc[nH]c1C(N)=O.N[C@@H](Cc1ccc(F)cc1)C(=O)O. The number of H-pyrrole nitrogens is 1. The third-order valence-electron chi connectivity index (χ3n) is 3.03. The van der Waals surface area contributed by atoms with Crippen molar-refractivity contribution in [3.8, 4) is 0 Å². The van der Waals surface area contributed by atoms with Crippen LogP contribution in [0.2, 0.25) is 0 Å². The number of primary amides is 1. The Hall–Kier alpha value is -2.78. The normalized spacial score (nSPS) is 11.3. The van der Waals surface area contributed by atoms with Gasteiger partial charge in [0.25, 0.3) is 5.91 Å². The van der Waals surface area contributed by atoms with Crippen molar-refractivity contribution < 1.29 is 19.1 Å². The lowest BCUT2D eigenvalue weighted by molar-refractivity contribution is -0.138. The van der Waals surface area contributed by atoms with E-state index in [0.29, 0.717) is 24.4 Å². The minimum atomic E-state index is -1.05. The van der Waals surface area contributed by atoms with Crippen molar-refractivity contribution in [2.75, 3.05) is 6.54 Å². The maximum atomic E-state index is 12.4. The van der Waals surface area contributed by atoms with Gasteiger partial charge in [-0.05, 0) is 30.7 Å². The number of aliphatic carboxylic acids is 1. The first-order valence-corrected chi connectivity index (χ1v) is 7.10. The third-order valence-corrected chi connectivity index (χ3v) is 3.03. The molecule has 1 heterocycles. The summed E-state index contributed by atoms with van der Waals surface area (Å²) >= 11 is 0. The standard InChI is InChI=1S/C9H10FNO2.C6H10N4O/c10-7-3-1-6(2-4-7)5-8(11)9(12)13;7-2-1-4-5(6(8)11)10-3-9-4/h1-4,8H,5,11H2,(H,12,13);3H,1-2,7H2,(H2,8,11)(H,9,10)/t8-;/m0./s1. The molecule has 1 atom stereocenters. The summed E-state index contributed by atoms with van der Waals surface area (Å²) in [7, 11) is 0. The van der Waals surface area contributed by atoms with E-state index < -0.39 is 17.9 Å². The van der Waals surface area contributed by atoms with Crippen LogP contribution in [0, 0.1) is 5.82 Å². The van der Waals surface area contributed by atoms with Crippen molar-refractivity contribution in [3.63, 3.8) is 0 Å². The number of carbonyl (C=O) groups is 2. The Bertz CT molecular complexity index is 672. The molecule has 0 aliphatic heterocycles. The molecule has 1 amide bonds. The zero-order valence-electron chi connectivity index (χ0n) is 12.9. The van der Waals surface area contributed by atoms with Gasteiger partial charge in [-0.2, -0.15) is 0 Å². The second kappa shape index (κ2) is 9.38. The first-order chi connectivity index (χ1) is 11.3. The van der Waals surface area contributed by atoms with E-state index in [-0.39, 0.29) is 12.2 Å². The molecule has 2 aromatic rings. The lowest BCUT2D eigenvalue weighted by Gasteiger charge is -2.05. The number of amides is 1. The van der Waals surface area contributed by atoms with E-state index in [1.807, 2.05) is 0 Å². The second-order valence-corrected chi connectivity index (χ2v) is 4.90. The molecule has 0 unspecified atom stereocenters. The largest absolute Gasteiger partial charge is 0.480 e. The zero-order valence-corrected chi connectivity index (χ0v) is 12.9. The molecular formula is C15H20FN5O3. The molecule has 130 valence electrons. The number of nitrogens with one attached hydrogen (secondary N) is 1. The monoisotopic (exact) mass is 337 g/mol. The van der Waals surface area contributed by atoms with Gasteiger partial charge >= 0.3 is 5.97 Å². The maximum Gasteiger partial charge on any atom is 0.320 e. The summed E-state index contributed by atoms with van der Waals surface area (Å²) in [6.45, 7) is 0.463. The molecule has 8 nitrogen and oxygen atoms in total.